The largest absolute Gasteiger partial charge is 0.452 e. The van der Waals surface area contributed by atoms with Gasteiger partial charge in [0.25, 0.3) is 0 Å². The summed E-state index contributed by atoms with van der Waals surface area (Å²) < 4.78 is 38.5. The maximum Gasteiger partial charge on any atom is 0.452 e. The third-order valence-corrected chi connectivity index (χ3v) is 1.63. The molecule has 0 saturated heterocycles. The van der Waals surface area contributed by atoms with Gasteiger partial charge in [-0.05, 0) is 0 Å². The Bertz CT molecular complexity index is 243. The van der Waals surface area contributed by atoms with Crippen molar-refractivity contribution in [3.63, 3.8) is 0 Å². The summed E-state index contributed by atoms with van der Waals surface area (Å²) in [5, 5.41) is 2.63. The van der Waals surface area contributed by atoms with Gasteiger partial charge in [0.05, 0.1) is 0 Å². The fourth-order valence-electron chi connectivity index (χ4n) is 0.440. The molecule has 0 radical (unpaired) electrons. The first kappa shape index (κ1) is 8.25. The Morgan fingerprint density at radius 3 is 2.36 bits per heavy atom. The van der Waals surface area contributed by atoms with Crippen molar-refractivity contribution in [1.29, 1.82) is 0 Å². The van der Waals surface area contributed by atoms with Gasteiger partial charge in [0, 0.05) is 18.6 Å². The standard InChI is InChI=1S/C4H4F3N3S/c1-8-3-9-2(10-11-3)4(5,6)7/h1H3,(H,8,9,10). The predicted octanol–water partition coefficient (Wildman–Crippen LogP) is 1.60. The van der Waals surface area contributed by atoms with Gasteiger partial charge in [0.1, 0.15) is 0 Å². The highest BCUT2D eigenvalue weighted by Gasteiger charge is 2.35. The van der Waals surface area contributed by atoms with Gasteiger partial charge >= 0.3 is 6.18 Å². The van der Waals surface area contributed by atoms with Crippen LogP contribution in [0.3, 0.4) is 0 Å². The van der Waals surface area contributed by atoms with E-state index in [9.17, 15) is 13.2 Å². The summed E-state index contributed by atoms with van der Waals surface area (Å²) in [6, 6.07) is 0. The number of rotatable bonds is 1. The average molecular weight is 183 g/mol. The van der Waals surface area contributed by atoms with E-state index >= 15 is 0 Å². The highest BCUT2D eigenvalue weighted by molar-refractivity contribution is 7.09. The van der Waals surface area contributed by atoms with Gasteiger partial charge in [0.2, 0.25) is 11.0 Å². The molecule has 11 heavy (non-hydrogen) atoms. The lowest BCUT2D eigenvalue weighted by Gasteiger charge is -1.97. The van der Waals surface area contributed by atoms with Crippen molar-refractivity contribution < 1.29 is 13.2 Å². The van der Waals surface area contributed by atoms with Crippen LogP contribution in [0.1, 0.15) is 5.82 Å². The van der Waals surface area contributed by atoms with Gasteiger partial charge in [-0.25, -0.2) is 0 Å². The quantitative estimate of drug-likeness (QED) is 0.718. The van der Waals surface area contributed by atoms with Gasteiger partial charge in [0.15, 0.2) is 0 Å². The van der Waals surface area contributed by atoms with Crippen LogP contribution in [-0.2, 0) is 6.18 Å². The molecule has 0 aliphatic carbocycles. The van der Waals surface area contributed by atoms with E-state index in [1.165, 1.54) is 7.05 Å². The molecule has 0 atom stereocenters. The van der Waals surface area contributed by atoms with Crippen LogP contribution in [0.2, 0.25) is 0 Å². The van der Waals surface area contributed by atoms with E-state index in [0.29, 0.717) is 11.5 Å². The SMILES string of the molecule is CNc1nc(C(F)(F)F)ns1. The molecule has 0 unspecified atom stereocenters. The molecule has 0 aromatic carbocycles. The van der Waals surface area contributed by atoms with Gasteiger partial charge in [-0.3, -0.25) is 0 Å². The molecule has 0 spiro atoms. The van der Waals surface area contributed by atoms with E-state index in [1.807, 2.05) is 0 Å². The first-order valence-electron chi connectivity index (χ1n) is 2.62. The zero-order chi connectivity index (χ0) is 8.48. The third kappa shape index (κ3) is 1.79. The van der Waals surface area contributed by atoms with E-state index in [2.05, 4.69) is 14.7 Å². The van der Waals surface area contributed by atoms with Crippen LogP contribution in [0.4, 0.5) is 18.3 Å². The molecule has 0 aliphatic rings. The number of halogens is 3. The molecule has 0 amide bonds. The Morgan fingerprint density at radius 1 is 1.45 bits per heavy atom. The van der Waals surface area contributed by atoms with Crippen molar-refractivity contribution >= 4 is 16.7 Å². The topological polar surface area (TPSA) is 37.8 Å². The minimum atomic E-state index is -4.44. The monoisotopic (exact) mass is 183 g/mol. The molecule has 1 aromatic heterocycles. The van der Waals surface area contributed by atoms with Crippen molar-refractivity contribution in [2.45, 2.75) is 6.18 Å². The lowest BCUT2D eigenvalue weighted by atomic mass is 10.6. The maximum atomic E-state index is 11.8. The van der Waals surface area contributed by atoms with E-state index in [4.69, 9.17) is 0 Å². The Morgan fingerprint density at radius 2 is 2.09 bits per heavy atom. The summed E-state index contributed by atoms with van der Waals surface area (Å²) in [5.41, 5.74) is 0. The minimum Gasteiger partial charge on any atom is -0.363 e. The fourth-order valence-corrected chi connectivity index (χ4v) is 0.976. The number of nitrogens with zero attached hydrogens (tertiary/aromatic N) is 2. The Hall–Kier alpha value is -0.850. The van der Waals surface area contributed by atoms with Crippen molar-refractivity contribution in [3.05, 3.63) is 5.82 Å². The van der Waals surface area contributed by atoms with Crippen molar-refractivity contribution in [2.24, 2.45) is 0 Å². The molecule has 1 N–H and O–H groups in total. The van der Waals surface area contributed by atoms with Crippen LogP contribution in [0.15, 0.2) is 0 Å². The molecular weight excluding hydrogens is 179 g/mol. The zero-order valence-electron chi connectivity index (χ0n) is 5.44. The van der Waals surface area contributed by atoms with E-state index in [0.717, 1.165) is 0 Å². The summed E-state index contributed by atoms with van der Waals surface area (Å²) in [7, 11) is 1.49. The van der Waals surface area contributed by atoms with Crippen LogP contribution >= 0.6 is 11.5 Å². The highest BCUT2D eigenvalue weighted by Crippen LogP contribution is 2.28. The number of anilines is 1. The molecule has 62 valence electrons. The second kappa shape index (κ2) is 2.65. The summed E-state index contributed by atoms with van der Waals surface area (Å²) in [5.74, 6) is -1.09. The second-order valence-electron chi connectivity index (χ2n) is 1.67. The minimum absolute atomic E-state index is 0.164. The smallest absolute Gasteiger partial charge is 0.363 e. The molecule has 1 aromatic rings. The number of hydrogen-bond acceptors (Lipinski definition) is 4. The summed E-state index contributed by atoms with van der Waals surface area (Å²) in [4.78, 5) is 3.17. The molecule has 1 rings (SSSR count). The number of hydrogen-bond donors (Lipinski definition) is 1. The molecule has 0 saturated carbocycles. The van der Waals surface area contributed by atoms with Crippen LogP contribution in [0.5, 0.6) is 0 Å². The zero-order valence-corrected chi connectivity index (χ0v) is 6.25. The first-order valence-corrected chi connectivity index (χ1v) is 3.40. The number of alkyl halides is 3. The lowest BCUT2D eigenvalue weighted by molar-refractivity contribution is -0.144. The molecule has 7 heteroatoms. The molecule has 0 aliphatic heterocycles. The predicted molar refractivity (Wildman–Crippen MR) is 34.5 cm³/mol. The molecular formula is C4H4F3N3S. The Labute approximate surface area is 64.4 Å². The van der Waals surface area contributed by atoms with Crippen molar-refractivity contribution in [1.82, 2.24) is 9.36 Å². The summed E-state index contributed by atoms with van der Waals surface area (Å²) >= 11 is 0.684. The van der Waals surface area contributed by atoms with Crippen molar-refractivity contribution in [2.75, 3.05) is 12.4 Å². The highest BCUT2D eigenvalue weighted by atomic mass is 32.1. The molecule has 0 fully saturated rings. The Kier molecular flexibility index (Phi) is 1.99. The normalized spacial score (nSPS) is 11.6. The molecule has 0 bridgehead atoms. The van der Waals surface area contributed by atoms with E-state index < -0.39 is 12.0 Å². The van der Waals surface area contributed by atoms with Crippen LogP contribution in [0, 0.1) is 0 Å². The first-order chi connectivity index (χ1) is 5.04. The summed E-state index contributed by atoms with van der Waals surface area (Å²) in [6.45, 7) is 0. The van der Waals surface area contributed by atoms with Crippen LogP contribution in [-0.4, -0.2) is 16.4 Å². The number of aromatic nitrogens is 2. The summed E-state index contributed by atoms with van der Waals surface area (Å²) in [6.07, 6.45) is -4.44. The van der Waals surface area contributed by atoms with Gasteiger partial charge in [-0.2, -0.15) is 22.5 Å². The van der Waals surface area contributed by atoms with Crippen LogP contribution < -0.4 is 5.32 Å². The number of nitrogens with one attached hydrogen (secondary N) is 1. The average Bonchev–Trinajstić information content (AvgIpc) is 2.32. The van der Waals surface area contributed by atoms with Crippen molar-refractivity contribution in [3.8, 4) is 0 Å². The third-order valence-electron chi connectivity index (χ3n) is 0.893. The maximum absolute atomic E-state index is 11.8. The van der Waals surface area contributed by atoms with Gasteiger partial charge in [-0.15, -0.1) is 0 Å². The van der Waals surface area contributed by atoms with Gasteiger partial charge in [-0.1, -0.05) is 0 Å². The second-order valence-corrected chi connectivity index (χ2v) is 2.42. The lowest BCUT2D eigenvalue weighted by Crippen LogP contribution is -2.07. The van der Waals surface area contributed by atoms with Gasteiger partial charge < -0.3 is 5.32 Å². The van der Waals surface area contributed by atoms with Crippen LogP contribution in [0.25, 0.3) is 0 Å². The Balaban J connectivity index is 2.89. The molecule has 1 heterocycles. The molecule has 3 nitrogen and oxygen atoms in total. The fraction of sp³-hybridized carbons (Fsp3) is 0.500. The van der Waals surface area contributed by atoms with E-state index in [-0.39, 0.29) is 5.13 Å². The van der Waals surface area contributed by atoms with E-state index in [1.54, 1.807) is 0 Å².